The van der Waals surface area contributed by atoms with Gasteiger partial charge in [-0.15, -0.1) is 0 Å². The molecule has 0 amide bonds. The highest BCUT2D eigenvalue weighted by molar-refractivity contribution is 7.89. The molecule has 1 aromatic heterocycles. The summed E-state index contributed by atoms with van der Waals surface area (Å²) in [7, 11) is -1.86. The highest BCUT2D eigenvalue weighted by atomic mass is 32.2. The summed E-state index contributed by atoms with van der Waals surface area (Å²) in [6, 6.07) is 13.6. The number of sulfonamides is 1. The smallest absolute Gasteiger partial charge is 0.408 e. The van der Waals surface area contributed by atoms with E-state index in [-0.39, 0.29) is 11.4 Å². The van der Waals surface area contributed by atoms with Crippen LogP contribution >= 0.6 is 0 Å². The van der Waals surface area contributed by atoms with E-state index in [0.29, 0.717) is 17.5 Å². The molecule has 0 saturated heterocycles. The molecule has 0 unspecified atom stereocenters. The van der Waals surface area contributed by atoms with Gasteiger partial charge in [0, 0.05) is 13.6 Å². The number of aromatic nitrogens is 1. The van der Waals surface area contributed by atoms with Crippen molar-refractivity contribution in [3.63, 3.8) is 0 Å². The Morgan fingerprint density at radius 2 is 1.87 bits per heavy atom. The van der Waals surface area contributed by atoms with Gasteiger partial charge in [0.15, 0.2) is 5.58 Å². The molecule has 0 saturated carbocycles. The predicted octanol–water partition coefficient (Wildman–Crippen LogP) is 1.65. The van der Waals surface area contributed by atoms with E-state index in [1.807, 2.05) is 6.07 Å². The van der Waals surface area contributed by atoms with E-state index in [1.54, 1.807) is 49.5 Å². The number of nitrogens with one attached hydrogen (secondary N) is 1. The third kappa shape index (κ3) is 3.20. The minimum absolute atomic E-state index is 0.240. The van der Waals surface area contributed by atoms with Crippen LogP contribution in [-0.4, -0.2) is 19.5 Å². The third-order valence-electron chi connectivity index (χ3n) is 3.62. The van der Waals surface area contributed by atoms with Crippen LogP contribution in [0.1, 0.15) is 5.56 Å². The van der Waals surface area contributed by atoms with Crippen LogP contribution in [0.5, 0.6) is 0 Å². The summed E-state index contributed by atoms with van der Waals surface area (Å²) in [5, 5.41) is 0. The number of hydrogen-bond acceptors (Lipinski definition) is 4. The lowest BCUT2D eigenvalue weighted by Gasteiger charge is -2.06. The lowest BCUT2D eigenvalue weighted by atomic mass is 10.1. The minimum atomic E-state index is -3.50. The summed E-state index contributed by atoms with van der Waals surface area (Å²) >= 11 is 0. The van der Waals surface area contributed by atoms with Gasteiger partial charge in [0.1, 0.15) is 0 Å². The minimum Gasteiger partial charge on any atom is -0.408 e. The van der Waals surface area contributed by atoms with Gasteiger partial charge in [-0.25, -0.2) is 17.9 Å². The van der Waals surface area contributed by atoms with Gasteiger partial charge in [-0.1, -0.05) is 24.3 Å². The van der Waals surface area contributed by atoms with E-state index in [0.717, 1.165) is 5.56 Å². The quantitative estimate of drug-likeness (QED) is 0.770. The molecule has 23 heavy (non-hydrogen) atoms. The van der Waals surface area contributed by atoms with E-state index in [1.165, 1.54) is 4.57 Å². The average Bonchev–Trinajstić information content (AvgIpc) is 2.82. The van der Waals surface area contributed by atoms with Crippen LogP contribution in [0, 0.1) is 0 Å². The summed E-state index contributed by atoms with van der Waals surface area (Å²) in [6.45, 7) is 0.264. The monoisotopic (exact) mass is 332 g/mol. The highest BCUT2D eigenvalue weighted by Crippen LogP contribution is 2.15. The molecule has 0 aliphatic carbocycles. The fourth-order valence-electron chi connectivity index (χ4n) is 2.35. The first-order chi connectivity index (χ1) is 11.0. The number of fused-ring (bicyclic) bond motifs is 1. The lowest BCUT2D eigenvalue weighted by molar-refractivity contribution is 0.528. The molecule has 0 aliphatic heterocycles. The molecule has 0 aliphatic rings. The van der Waals surface area contributed by atoms with Gasteiger partial charge in [-0.05, 0) is 36.2 Å². The maximum Gasteiger partial charge on any atom is 0.419 e. The van der Waals surface area contributed by atoms with Crippen molar-refractivity contribution < 1.29 is 12.8 Å². The molecule has 0 bridgehead atoms. The molecule has 0 fully saturated rings. The second-order valence-corrected chi connectivity index (χ2v) is 6.96. The first-order valence-corrected chi connectivity index (χ1v) is 8.59. The van der Waals surface area contributed by atoms with Crippen molar-refractivity contribution in [1.29, 1.82) is 0 Å². The molecule has 3 rings (SSSR count). The second kappa shape index (κ2) is 6.02. The topological polar surface area (TPSA) is 81.3 Å². The van der Waals surface area contributed by atoms with Crippen LogP contribution < -0.4 is 10.5 Å². The number of aryl methyl sites for hydroxylation is 1. The fourth-order valence-corrected chi connectivity index (χ4v) is 3.40. The zero-order valence-corrected chi connectivity index (χ0v) is 13.3. The lowest BCUT2D eigenvalue weighted by Crippen LogP contribution is -2.25. The van der Waals surface area contributed by atoms with Crippen LogP contribution in [0.25, 0.3) is 11.1 Å². The maximum absolute atomic E-state index is 12.1. The van der Waals surface area contributed by atoms with E-state index in [2.05, 4.69) is 4.72 Å². The number of nitrogens with zero attached hydrogens (tertiary/aromatic N) is 1. The molecule has 2 aromatic carbocycles. The van der Waals surface area contributed by atoms with E-state index in [4.69, 9.17) is 4.42 Å². The van der Waals surface area contributed by atoms with Gasteiger partial charge >= 0.3 is 5.76 Å². The summed E-state index contributed by atoms with van der Waals surface area (Å²) in [5.41, 5.74) is 2.10. The zero-order valence-electron chi connectivity index (χ0n) is 12.5. The Morgan fingerprint density at radius 1 is 1.13 bits per heavy atom. The van der Waals surface area contributed by atoms with Crippen molar-refractivity contribution in [2.45, 2.75) is 11.3 Å². The van der Waals surface area contributed by atoms with Gasteiger partial charge in [-0.3, -0.25) is 4.57 Å². The van der Waals surface area contributed by atoms with Crippen molar-refractivity contribution in [2.24, 2.45) is 7.05 Å². The molecule has 120 valence electrons. The normalized spacial score (nSPS) is 11.9. The first kappa shape index (κ1) is 15.5. The summed E-state index contributed by atoms with van der Waals surface area (Å²) in [6.07, 6.45) is 0.501. The average molecular weight is 332 g/mol. The molecule has 0 radical (unpaired) electrons. The molecule has 6 nitrogen and oxygen atoms in total. The number of rotatable bonds is 5. The van der Waals surface area contributed by atoms with Crippen LogP contribution in [0.4, 0.5) is 0 Å². The Morgan fingerprint density at radius 3 is 2.61 bits per heavy atom. The first-order valence-electron chi connectivity index (χ1n) is 7.10. The van der Waals surface area contributed by atoms with Crippen molar-refractivity contribution in [2.75, 3.05) is 6.54 Å². The third-order valence-corrected chi connectivity index (χ3v) is 5.09. The number of oxazole rings is 1. The number of benzene rings is 2. The Labute approximate surface area is 133 Å². The highest BCUT2D eigenvalue weighted by Gasteiger charge is 2.12. The molecular formula is C16H16N2O4S. The summed E-state index contributed by atoms with van der Waals surface area (Å²) in [4.78, 5) is 11.7. The summed E-state index contributed by atoms with van der Waals surface area (Å²) < 4.78 is 33.3. The Kier molecular flexibility index (Phi) is 4.06. The molecule has 0 atom stereocenters. The van der Waals surface area contributed by atoms with Gasteiger partial charge in [-0.2, -0.15) is 0 Å². The molecule has 3 aromatic rings. The Hall–Kier alpha value is -2.38. The second-order valence-electron chi connectivity index (χ2n) is 5.19. The molecule has 1 N–H and O–H groups in total. The van der Waals surface area contributed by atoms with E-state index >= 15 is 0 Å². The van der Waals surface area contributed by atoms with E-state index < -0.39 is 15.8 Å². The maximum atomic E-state index is 12.1. The number of hydrogen-bond donors (Lipinski definition) is 1. The fraction of sp³-hybridized carbons (Fsp3) is 0.188. The molecule has 0 spiro atoms. The van der Waals surface area contributed by atoms with Crippen molar-refractivity contribution in [3.8, 4) is 0 Å². The molecule has 1 heterocycles. The van der Waals surface area contributed by atoms with Crippen LogP contribution in [-0.2, 0) is 23.5 Å². The van der Waals surface area contributed by atoms with E-state index in [9.17, 15) is 13.2 Å². The van der Waals surface area contributed by atoms with Gasteiger partial charge in [0.2, 0.25) is 10.0 Å². The van der Waals surface area contributed by atoms with Crippen LogP contribution in [0.2, 0.25) is 0 Å². The summed E-state index contributed by atoms with van der Waals surface area (Å²) in [5.74, 6) is -0.415. The standard InChI is InChI=1S/C16H16N2O4S/c1-18-14-8-7-12(11-15(14)22-16(18)19)9-10-17-23(20,21)13-5-3-2-4-6-13/h2-8,11,17H,9-10H2,1H3. The SMILES string of the molecule is Cn1c(=O)oc2cc(CCNS(=O)(=O)c3ccccc3)ccc21. The predicted molar refractivity (Wildman–Crippen MR) is 86.8 cm³/mol. The Balaban J connectivity index is 1.70. The van der Waals surface area contributed by atoms with Gasteiger partial charge in [0.25, 0.3) is 0 Å². The van der Waals surface area contributed by atoms with Crippen molar-refractivity contribution in [3.05, 3.63) is 64.6 Å². The van der Waals surface area contributed by atoms with Crippen LogP contribution in [0.15, 0.2) is 62.6 Å². The Bertz CT molecular complexity index is 988. The van der Waals surface area contributed by atoms with Crippen molar-refractivity contribution in [1.82, 2.24) is 9.29 Å². The molecular weight excluding hydrogens is 316 g/mol. The van der Waals surface area contributed by atoms with Crippen LogP contribution in [0.3, 0.4) is 0 Å². The van der Waals surface area contributed by atoms with Crippen molar-refractivity contribution >= 4 is 21.1 Å². The van der Waals surface area contributed by atoms with Gasteiger partial charge < -0.3 is 4.42 Å². The zero-order chi connectivity index (χ0) is 16.4. The molecule has 7 heteroatoms. The van der Waals surface area contributed by atoms with Gasteiger partial charge in [0.05, 0.1) is 10.4 Å². The largest absolute Gasteiger partial charge is 0.419 e.